The van der Waals surface area contributed by atoms with Crippen molar-refractivity contribution in [3.8, 4) is 0 Å². The molecule has 0 aromatic rings. The maximum absolute atomic E-state index is 12.4. The number of rotatable bonds is 4. The van der Waals surface area contributed by atoms with E-state index in [1.165, 1.54) is 24.8 Å². The molecule has 3 heteroatoms. The van der Waals surface area contributed by atoms with Gasteiger partial charge in [-0.1, -0.05) is 33.3 Å². The fourth-order valence-corrected chi connectivity index (χ4v) is 7.33. The molecule has 0 saturated heterocycles. The number of ketones is 1. The molecule has 0 amide bonds. The molecule has 4 rings (SSSR count). The highest BCUT2D eigenvalue weighted by Crippen LogP contribution is 2.65. The van der Waals surface area contributed by atoms with Crippen LogP contribution in [0.2, 0.25) is 0 Å². The summed E-state index contributed by atoms with van der Waals surface area (Å²) in [6.07, 6.45) is 12.3. The van der Waals surface area contributed by atoms with Crippen LogP contribution in [0, 0.1) is 34.5 Å². The van der Waals surface area contributed by atoms with E-state index in [1.807, 2.05) is 6.08 Å². The highest BCUT2D eigenvalue weighted by atomic mass is 16.5. The van der Waals surface area contributed by atoms with Crippen molar-refractivity contribution in [1.29, 1.82) is 0 Å². The number of hydrogen-bond acceptors (Lipinski definition) is 3. The van der Waals surface area contributed by atoms with Gasteiger partial charge in [0.05, 0.1) is 0 Å². The topological polar surface area (TPSA) is 43.4 Å². The van der Waals surface area contributed by atoms with Crippen LogP contribution in [0.1, 0.15) is 91.9 Å². The second-order valence-corrected chi connectivity index (χ2v) is 11.0. The van der Waals surface area contributed by atoms with E-state index in [9.17, 15) is 9.59 Å². The lowest BCUT2D eigenvalue weighted by Crippen LogP contribution is -2.51. The van der Waals surface area contributed by atoms with Crippen LogP contribution in [0.5, 0.6) is 0 Å². The Bertz CT molecular complexity index is 677. The zero-order chi connectivity index (χ0) is 20.1. The largest absolute Gasteiger partial charge is 0.462 e. The first-order valence-electron chi connectivity index (χ1n) is 11.7. The van der Waals surface area contributed by atoms with Gasteiger partial charge in [-0.3, -0.25) is 9.59 Å². The van der Waals surface area contributed by atoms with E-state index in [1.54, 1.807) is 0 Å². The minimum atomic E-state index is 0.00863. The lowest BCUT2D eigenvalue weighted by molar-refractivity contribution is -0.160. The highest BCUT2D eigenvalue weighted by molar-refractivity contribution is 5.91. The highest BCUT2D eigenvalue weighted by Gasteiger charge is 2.59. The van der Waals surface area contributed by atoms with Crippen LogP contribution in [-0.4, -0.2) is 17.9 Å². The second kappa shape index (κ2) is 7.29. The number of ether oxygens (including phenoxy) is 1. The van der Waals surface area contributed by atoms with Crippen LogP contribution >= 0.6 is 0 Å². The van der Waals surface area contributed by atoms with Crippen molar-refractivity contribution in [3.63, 3.8) is 0 Å². The van der Waals surface area contributed by atoms with Crippen molar-refractivity contribution >= 4 is 11.8 Å². The molecule has 4 aliphatic carbocycles. The summed E-state index contributed by atoms with van der Waals surface area (Å²) in [5, 5.41) is 0. The number of carbonyl (C=O) groups excluding carboxylic acids is 2. The van der Waals surface area contributed by atoms with Gasteiger partial charge >= 0.3 is 5.97 Å². The van der Waals surface area contributed by atoms with Gasteiger partial charge in [-0.15, -0.1) is 0 Å². The van der Waals surface area contributed by atoms with Crippen molar-refractivity contribution in [2.24, 2.45) is 34.5 Å². The lowest BCUT2D eigenvalue weighted by atomic mass is 9.47. The summed E-state index contributed by atoms with van der Waals surface area (Å²) < 4.78 is 6.06. The van der Waals surface area contributed by atoms with E-state index in [0.717, 1.165) is 44.4 Å². The molecule has 0 N–H and O–H groups in total. The predicted molar refractivity (Wildman–Crippen MR) is 111 cm³/mol. The Morgan fingerprint density at radius 3 is 2.64 bits per heavy atom. The van der Waals surface area contributed by atoms with E-state index in [4.69, 9.17) is 4.74 Å². The molecule has 6 atom stereocenters. The molecule has 0 aromatic carbocycles. The molecular formula is C25H38O3. The van der Waals surface area contributed by atoms with E-state index in [0.29, 0.717) is 30.0 Å². The molecule has 0 spiro atoms. The third-order valence-corrected chi connectivity index (χ3v) is 9.07. The van der Waals surface area contributed by atoms with E-state index in [-0.39, 0.29) is 22.9 Å². The predicted octanol–water partition coefficient (Wildman–Crippen LogP) is 5.87. The SMILES string of the molecule is CC(C)CCC(=O)O[C@@H]1CC[C@@H]2[C@H]3CCC4=CC(=O)CC[C@]4(C)[C@@H]3CC[C@]21C. The van der Waals surface area contributed by atoms with Gasteiger partial charge in [0.1, 0.15) is 6.10 Å². The first kappa shape index (κ1) is 20.2. The van der Waals surface area contributed by atoms with Crippen LogP contribution in [0.3, 0.4) is 0 Å². The Kier molecular flexibility index (Phi) is 5.25. The molecule has 0 aromatic heterocycles. The van der Waals surface area contributed by atoms with Gasteiger partial charge < -0.3 is 4.74 Å². The number of hydrogen-bond donors (Lipinski definition) is 0. The first-order valence-corrected chi connectivity index (χ1v) is 11.7. The Morgan fingerprint density at radius 2 is 1.89 bits per heavy atom. The van der Waals surface area contributed by atoms with Crippen molar-refractivity contribution in [3.05, 3.63) is 11.6 Å². The molecule has 156 valence electrons. The van der Waals surface area contributed by atoms with Gasteiger partial charge in [0.25, 0.3) is 0 Å². The Hall–Kier alpha value is -1.12. The van der Waals surface area contributed by atoms with E-state index < -0.39 is 0 Å². The molecule has 3 fully saturated rings. The molecule has 0 radical (unpaired) electrons. The maximum Gasteiger partial charge on any atom is 0.306 e. The fraction of sp³-hybridized carbons (Fsp3) is 0.840. The molecule has 3 saturated carbocycles. The average molecular weight is 387 g/mol. The number of allylic oxidation sites excluding steroid dienone is 1. The van der Waals surface area contributed by atoms with Crippen molar-refractivity contribution in [2.75, 3.05) is 0 Å². The summed E-state index contributed by atoms with van der Waals surface area (Å²) >= 11 is 0. The molecule has 0 unspecified atom stereocenters. The van der Waals surface area contributed by atoms with Gasteiger partial charge in [0, 0.05) is 18.3 Å². The summed E-state index contributed by atoms with van der Waals surface area (Å²) in [6, 6.07) is 0. The average Bonchev–Trinajstić information content (AvgIpc) is 2.97. The minimum Gasteiger partial charge on any atom is -0.462 e. The zero-order valence-corrected chi connectivity index (χ0v) is 18.3. The second-order valence-electron chi connectivity index (χ2n) is 11.0. The van der Waals surface area contributed by atoms with Crippen LogP contribution < -0.4 is 0 Å². The lowest BCUT2D eigenvalue weighted by Gasteiger charge is -2.57. The third kappa shape index (κ3) is 3.27. The molecule has 0 aliphatic heterocycles. The summed E-state index contributed by atoms with van der Waals surface area (Å²) in [4.78, 5) is 24.4. The van der Waals surface area contributed by atoms with Gasteiger partial charge in [-0.25, -0.2) is 0 Å². The quantitative estimate of drug-likeness (QED) is 0.568. The molecule has 4 aliphatic rings. The van der Waals surface area contributed by atoms with Crippen LogP contribution in [0.15, 0.2) is 11.6 Å². The van der Waals surface area contributed by atoms with Crippen LogP contribution in [0.25, 0.3) is 0 Å². The molecule has 28 heavy (non-hydrogen) atoms. The van der Waals surface area contributed by atoms with E-state index >= 15 is 0 Å². The van der Waals surface area contributed by atoms with Crippen LogP contribution in [0.4, 0.5) is 0 Å². The Balaban J connectivity index is 1.49. The Morgan fingerprint density at radius 1 is 1.11 bits per heavy atom. The molecule has 0 heterocycles. The Labute approximate surface area is 170 Å². The normalized spacial score (nSPS) is 42.5. The fourth-order valence-electron chi connectivity index (χ4n) is 7.33. The number of esters is 1. The van der Waals surface area contributed by atoms with Gasteiger partial charge in [0.2, 0.25) is 0 Å². The summed E-state index contributed by atoms with van der Waals surface area (Å²) in [6.45, 7) is 9.15. The number of carbonyl (C=O) groups is 2. The van der Waals surface area contributed by atoms with Crippen molar-refractivity contribution in [1.82, 2.24) is 0 Å². The third-order valence-electron chi connectivity index (χ3n) is 9.07. The zero-order valence-electron chi connectivity index (χ0n) is 18.3. The monoisotopic (exact) mass is 386 g/mol. The number of fused-ring (bicyclic) bond motifs is 5. The summed E-state index contributed by atoms with van der Waals surface area (Å²) in [5.74, 6) is 2.99. The smallest absolute Gasteiger partial charge is 0.306 e. The van der Waals surface area contributed by atoms with Crippen molar-refractivity contribution in [2.45, 2.75) is 98.0 Å². The first-order chi connectivity index (χ1) is 13.2. The minimum absolute atomic E-state index is 0.00863. The maximum atomic E-state index is 12.4. The summed E-state index contributed by atoms with van der Waals surface area (Å²) in [7, 11) is 0. The molecular weight excluding hydrogens is 348 g/mol. The van der Waals surface area contributed by atoms with Gasteiger partial charge in [0.15, 0.2) is 5.78 Å². The van der Waals surface area contributed by atoms with Crippen LogP contribution in [-0.2, 0) is 14.3 Å². The standard InChI is InChI=1S/C25H38O3/c1-16(2)5-10-23(27)28-22-9-8-20-19-7-6-17-15-18(26)11-13-24(17,3)21(19)12-14-25(20,22)4/h15-16,19-22H,5-14H2,1-4H3/t19-,20-,21-,22-,24+,25-/m1/s1. The van der Waals surface area contributed by atoms with Gasteiger partial charge in [-0.2, -0.15) is 0 Å². The molecule has 3 nitrogen and oxygen atoms in total. The van der Waals surface area contributed by atoms with Gasteiger partial charge in [-0.05, 0) is 86.5 Å². The molecule has 0 bridgehead atoms. The van der Waals surface area contributed by atoms with E-state index in [2.05, 4.69) is 27.7 Å². The summed E-state index contributed by atoms with van der Waals surface area (Å²) in [5.41, 5.74) is 1.81. The van der Waals surface area contributed by atoms with Crippen molar-refractivity contribution < 1.29 is 14.3 Å².